The maximum absolute atomic E-state index is 6.10. The van der Waals surface area contributed by atoms with Gasteiger partial charge in [0, 0.05) is 0 Å². The van der Waals surface area contributed by atoms with Crippen molar-refractivity contribution in [2.75, 3.05) is 0 Å². The molecule has 0 aliphatic heterocycles. The maximum atomic E-state index is 6.10. The van der Waals surface area contributed by atoms with E-state index in [-0.39, 0.29) is 5.04 Å². The van der Waals surface area contributed by atoms with Gasteiger partial charge < -0.3 is 4.43 Å². The summed E-state index contributed by atoms with van der Waals surface area (Å²) in [7, 11) is -3.36. The van der Waals surface area contributed by atoms with E-state index in [0.29, 0.717) is 11.0 Å². The van der Waals surface area contributed by atoms with Gasteiger partial charge in [-0.05, 0) is 29.1 Å². The van der Waals surface area contributed by atoms with Crippen LogP contribution >= 0.6 is 0 Å². The largest absolute Gasteiger partial charge is 0.501 e. The molecule has 0 radical (unpaired) electrons. The second-order valence-corrected chi connectivity index (χ2v) is 18.1. The lowest BCUT2D eigenvalue weighted by molar-refractivity contribution is 0.379. The quantitative estimate of drug-likeness (QED) is 0.483. The molecule has 0 aliphatic carbocycles. The molecular formula is C16H34OSi2. The summed E-state index contributed by atoms with van der Waals surface area (Å²) in [5, 5.41) is 0.526. The average molecular weight is 299 g/mol. The van der Waals surface area contributed by atoms with Crippen LogP contribution in [0.15, 0.2) is 0 Å². The molecule has 0 aromatic heterocycles. The summed E-state index contributed by atoms with van der Waals surface area (Å²) >= 11 is 0. The predicted molar refractivity (Wildman–Crippen MR) is 92.4 cm³/mol. The summed E-state index contributed by atoms with van der Waals surface area (Å²) in [5.74, 6) is 0.615. The first-order chi connectivity index (χ1) is 8.15. The smallest absolute Gasteiger partial charge is 0.264 e. The third kappa shape index (κ3) is 4.39. The van der Waals surface area contributed by atoms with Gasteiger partial charge in [-0.2, -0.15) is 0 Å². The van der Waals surface area contributed by atoms with E-state index >= 15 is 0 Å². The molecule has 0 aromatic rings. The van der Waals surface area contributed by atoms with Gasteiger partial charge in [0.05, 0.1) is 6.11 Å². The number of rotatable bonds is 3. The van der Waals surface area contributed by atoms with Crippen molar-refractivity contribution >= 4 is 16.4 Å². The summed E-state index contributed by atoms with van der Waals surface area (Å²) < 4.78 is 6.10. The van der Waals surface area contributed by atoms with Crippen LogP contribution in [0.2, 0.25) is 36.3 Å². The van der Waals surface area contributed by atoms with Crippen LogP contribution < -0.4 is 0 Å². The van der Waals surface area contributed by atoms with Gasteiger partial charge in [-0.25, -0.2) is 0 Å². The molecule has 0 fully saturated rings. The van der Waals surface area contributed by atoms with Crippen molar-refractivity contribution < 1.29 is 4.43 Å². The minimum Gasteiger partial charge on any atom is -0.501 e. The van der Waals surface area contributed by atoms with Crippen molar-refractivity contribution in [3.63, 3.8) is 0 Å². The van der Waals surface area contributed by atoms with Crippen LogP contribution in [-0.4, -0.2) is 16.4 Å². The molecule has 0 unspecified atom stereocenters. The van der Waals surface area contributed by atoms with Crippen LogP contribution in [0.5, 0.6) is 0 Å². The van der Waals surface area contributed by atoms with Gasteiger partial charge >= 0.3 is 0 Å². The molecule has 0 atom stereocenters. The molecule has 0 amide bonds. The fraction of sp³-hybridized carbons (Fsp3) is 0.875. The van der Waals surface area contributed by atoms with Gasteiger partial charge in [-0.15, -0.1) is 0 Å². The highest BCUT2D eigenvalue weighted by atomic mass is 28.4. The van der Waals surface area contributed by atoms with Crippen molar-refractivity contribution in [1.29, 1.82) is 0 Å². The molecule has 3 heteroatoms. The standard InChI is InChI=1S/C16H34OSi2/c1-14(2)16(6,7)19(10,11)17-12-13-18(8,9)15(3,4)5/h14H,1-11H3. The minimum atomic E-state index is -1.80. The van der Waals surface area contributed by atoms with Crippen LogP contribution in [0.3, 0.4) is 0 Å². The average Bonchev–Trinajstić information content (AvgIpc) is 2.14. The van der Waals surface area contributed by atoms with Crippen LogP contribution in [0.1, 0.15) is 48.5 Å². The van der Waals surface area contributed by atoms with E-state index in [9.17, 15) is 0 Å². The van der Waals surface area contributed by atoms with E-state index < -0.39 is 16.4 Å². The maximum Gasteiger partial charge on any atom is 0.264 e. The lowest BCUT2D eigenvalue weighted by Crippen LogP contribution is -2.44. The molecular weight excluding hydrogens is 264 g/mol. The molecule has 0 aromatic carbocycles. The highest BCUT2D eigenvalue weighted by Gasteiger charge is 2.45. The van der Waals surface area contributed by atoms with E-state index in [0.717, 1.165) is 0 Å². The summed E-state index contributed by atoms with van der Waals surface area (Å²) in [4.78, 5) is 0. The summed E-state index contributed by atoms with van der Waals surface area (Å²) in [5.41, 5.74) is 3.47. The highest BCUT2D eigenvalue weighted by Crippen LogP contribution is 2.44. The normalized spacial score (nSPS) is 14.1. The van der Waals surface area contributed by atoms with Gasteiger partial charge in [0.1, 0.15) is 8.07 Å². The Bertz CT molecular complexity index is 362. The Kier molecular flexibility index (Phi) is 5.59. The highest BCUT2D eigenvalue weighted by molar-refractivity contribution is 6.87. The lowest BCUT2D eigenvalue weighted by atomic mass is 9.99. The topological polar surface area (TPSA) is 9.23 Å². The summed E-state index contributed by atoms with van der Waals surface area (Å²) in [6.07, 6.45) is 3.11. The zero-order chi connectivity index (χ0) is 15.7. The van der Waals surface area contributed by atoms with Gasteiger partial charge in [0.2, 0.25) is 0 Å². The van der Waals surface area contributed by atoms with Crippen LogP contribution in [0.4, 0.5) is 0 Å². The Morgan fingerprint density at radius 1 is 0.895 bits per heavy atom. The van der Waals surface area contributed by atoms with Gasteiger partial charge in [0.25, 0.3) is 8.32 Å². The van der Waals surface area contributed by atoms with E-state index in [1.54, 1.807) is 0 Å². The molecule has 19 heavy (non-hydrogen) atoms. The fourth-order valence-electron chi connectivity index (χ4n) is 1.29. The van der Waals surface area contributed by atoms with Crippen molar-refractivity contribution in [3.8, 4) is 11.7 Å². The van der Waals surface area contributed by atoms with E-state index in [1.807, 2.05) is 0 Å². The first-order valence-electron chi connectivity index (χ1n) is 7.35. The lowest BCUT2D eigenvalue weighted by Gasteiger charge is -2.40. The van der Waals surface area contributed by atoms with Crippen LogP contribution in [0, 0.1) is 17.6 Å². The molecule has 0 saturated carbocycles. The minimum absolute atomic E-state index is 0.231. The zero-order valence-electron chi connectivity index (χ0n) is 15.0. The Labute approximate surface area is 123 Å². The molecule has 1 nitrogen and oxygen atoms in total. The molecule has 0 rings (SSSR count). The Hall–Kier alpha value is -0.206. The predicted octanol–water partition coefficient (Wildman–Crippen LogP) is 5.65. The molecule has 0 aliphatic rings. The number of hydrogen-bond donors (Lipinski definition) is 0. The van der Waals surface area contributed by atoms with Crippen molar-refractivity contribution in [1.82, 2.24) is 0 Å². The summed E-state index contributed by atoms with van der Waals surface area (Å²) in [6, 6.07) is 0. The second kappa shape index (κ2) is 5.65. The van der Waals surface area contributed by atoms with E-state index in [1.165, 1.54) is 0 Å². The van der Waals surface area contributed by atoms with E-state index in [4.69, 9.17) is 4.43 Å². The molecule has 0 spiro atoms. The third-order valence-corrected chi connectivity index (χ3v) is 14.3. The van der Waals surface area contributed by atoms with Crippen molar-refractivity contribution in [2.24, 2.45) is 5.92 Å². The first kappa shape index (κ1) is 18.8. The van der Waals surface area contributed by atoms with E-state index in [2.05, 4.69) is 86.3 Å². The van der Waals surface area contributed by atoms with Crippen molar-refractivity contribution in [3.05, 3.63) is 0 Å². The third-order valence-electron chi connectivity index (χ3n) is 5.54. The molecule has 0 N–H and O–H groups in total. The Morgan fingerprint density at radius 2 is 1.32 bits per heavy atom. The SMILES string of the molecule is CC(C)C(C)(C)[Si](C)(C)OC#C[Si](C)(C)C(C)(C)C. The first-order valence-corrected chi connectivity index (χ1v) is 13.3. The van der Waals surface area contributed by atoms with Gasteiger partial charge in [0.15, 0.2) is 0 Å². The number of hydrogen-bond acceptors (Lipinski definition) is 1. The molecule has 0 saturated heterocycles. The monoisotopic (exact) mass is 298 g/mol. The van der Waals surface area contributed by atoms with Gasteiger partial charge in [-0.1, -0.05) is 67.1 Å². The Morgan fingerprint density at radius 3 is 1.63 bits per heavy atom. The van der Waals surface area contributed by atoms with Crippen molar-refractivity contribution in [2.45, 2.75) is 84.7 Å². The van der Waals surface area contributed by atoms with Gasteiger partial charge in [-0.3, -0.25) is 0 Å². The molecule has 0 heterocycles. The molecule has 0 bridgehead atoms. The second-order valence-electron chi connectivity index (χ2n) is 8.59. The Balaban J connectivity index is 5.03. The van der Waals surface area contributed by atoms with Crippen LogP contribution in [0.25, 0.3) is 0 Å². The molecule has 112 valence electrons. The fourth-order valence-corrected chi connectivity index (χ4v) is 4.04. The van der Waals surface area contributed by atoms with Crippen LogP contribution in [-0.2, 0) is 4.43 Å². The zero-order valence-corrected chi connectivity index (χ0v) is 17.0. The summed E-state index contributed by atoms with van der Waals surface area (Å²) in [6.45, 7) is 25.3.